The number of rotatable bonds is 8. The minimum absolute atomic E-state index is 0.156. The Morgan fingerprint density at radius 1 is 1.05 bits per heavy atom. The zero-order chi connectivity index (χ0) is 27.4. The molecular weight excluding hydrogens is 513 g/mol. The van der Waals surface area contributed by atoms with Gasteiger partial charge in [0.15, 0.2) is 11.9 Å². The second-order valence-electron chi connectivity index (χ2n) is 9.27. The van der Waals surface area contributed by atoms with Crippen molar-refractivity contribution in [3.05, 3.63) is 67.3 Å². The average Bonchev–Trinajstić information content (AvgIpc) is 3.71. The highest BCUT2D eigenvalue weighted by Crippen LogP contribution is 2.26. The van der Waals surface area contributed by atoms with Gasteiger partial charge in [0.05, 0.1) is 24.6 Å². The van der Waals surface area contributed by atoms with Crippen molar-refractivity contribution in [2.45, 2.75) is 50.6 Å². The predicted molar refractivity (Wildman–Crippen MR) is 135 cm³/mol. The van der Waals surface area contributed by atoms with Gasteiger partial charge in [0.2, 0.25) is 0 Å². The van der Waals surface area contributed by atoms with Crippen molar-refractivity contribution < 1.29 is 27.5 Å². The van der Waals surface area contributed by atoms with Crippen LogP contribution in [0.5, 0.6) is 0 Å². The van der Waals surface area contributed by atoms with E-state index in [4.69, 9.17) is 0 Å². The van der Waals surface area contributed by atoms with Crippen LogP contribution in [-0.2, 0) is 20.9 Å². The first kappa shape index (κ1) is 26.1. The molecule has 9 nitrogen and oxygen atoms in total. The van der Waals surface area contributed by atoms with Gasteiger partial charge in [0, 0.05) is 24.0 Å². The summed E-state index contributed by atoms with van der Waals surface area (Å²) >= 11 is 0. The SMILES string of the molecule is O=C(NC1CCCC1)C(Cn1cc(-c2ccnc(-c3ncc(-c4ccccc4)[nH]3)c2)cn1)OC(=O)C(F)(F)F. The number of H-pyrrole nitrogens is 1. The fourth-order valence-corrected chi connectivity index (χ4v) is 4.47. The molecule has 1 fully saturated rings. The molecule has 3 aromatic heterocycles. The van der Waals surface area contributed by atoms with Gasteiger partial charge in [-0.1, -0.05) is 43.2 Å². The Hall–Kier alpha value is -4.48. The van der Waals surface area contributed by atoms with Crippen LogP contribution >= 0.6 is 0 Å². The third-order valence-corrected chi connectivity index (χ3v) is 6.46. The molecule has 1 saturated carbocycles. The molecule has 202 valence electrons. The Balaban J connectivity index is 1.33. The van der Waals surface area contributed by atoms with Crippen molar-refractivity contribution >= 4 is 11.9 Å². The minimum Gasteiger partial charge on any atom is -0.444 e. The quantitative estimate of drug-likeness (QED) is 0.319. The Labute approximate surface area is 221 Å². The number of alkyl halides is 3. The number of nitrogens with one attached hydrogen (secondary N) is 2. The van der Waals surface area contributed by atoms with Gasteiger partial charge in [-0.3, -0.25) is 14.5 Å². The van der Waals surface area contributed by atoms with E-state index in [0.29, 0.717) is 17.1 Å². The van der Waals surface area contributed by atoms with Gasteiger partial charge in [-0.15, -0.1) is 0 Å². The molecule has 5 rings (SSSR count). The number of amides is 1. The Morgan fingerprint density at radius 3 is 2.56 bits per heavy atom. The number of hydrogen-bond acceptors (Lipinski definition) is 6. The van der Waals surface area contributed by atoms with E-state index in [1.165, 1.54) is 10.9 Å². The van der Waals surface area contributed by atoms with Crippen LogP contribution in [0.15, 0.2) is 67.3 Å². The smallest absolute Gasteiger partial charge is 0.444 e. The summed E-state index contributed by atoms with van der Waals surface area (Å²) in [5, 5.41) is 6.87. The molecule has 0 radical (unpaired) electrons. The number of benzene rings is 1. The van der Waals surface area contributed by atoms with Gasteiger partial charge in [-0.05, 0) is 36.1 Å². The summed E-state index contributed by atoms with van der Waals surface area (Å²) in [7, 11) is 0. The van der Waals surface area contributed by atoms with Gasteiger partial charge in [0.25, 0.3) is 5.91 Å². The van der Waals surface area contributed by atoms with Crippen LogP contribution in [-0.4, -0.2) is 54.9 Å². The number of carbonyl (C=O) groups excluding carboxylic acids is 2. The van der Waals surface area contributed by atoms with Crippen molar-refractivity contribution in [3.63, 3.8) is 0 Å². The third kappa shape index (κ3) is 6.33. The summed E-state index contributed by atoms with van der Waals surface area (Å²) in [6.07, 6.45) is 2.77. The van der Waals surface area contributed by atoms with E-state index in [2.05, 4.69) is 30.1 Å². The van der Waals surface area contributed by atoms with Gasteiger partial charge in [-0.2, -0.15) is 18.3 Å². The van der Waals surface area contributed by atoms with E-state index >= 15 is 0 Å². The first-order valence-electron chi connectivity index (χ1n) is 12.4. The highest BCUT2D eigenvalue weighted by Gasteiger charge is 2.43. The topological polar surface area (TPSA) is 115 Å². The second-order valence-corrected chi connectivity index (χ2v) is 9.27. The Bertz CT molecular complexity index is 1440. The Morgan fingerprint density at radius 2 is 1.82 bits per heavy atom. The molecule has 0 saturated heterocycles. The second kappa shape index (κ2) is 11.1. The van der Waals surface area contributed by atoms with Crippen molar-refractivity contribution in [2.24, 2.45) is 0 Å². The molecule has 4 aromatic rings. The van der Waals surface area contributed by atoms with Gasteiger partial charge in [0.1, 0.15) is 5.69 Å². The predicted octanol–water partition coefficient (Wildman–Crippen LogP) is 4.54. The number of aromatic amines is 1. The molecule has 39 heavy (non-hydrogen) atoms. The molecular formula is C27H25F3N6O3. The number of aromatic nitrogens is 5. The Kier molecular flexibility index (Phi) is 7.44. The summed E-state index contributed by atoms with van der Waals surface area (Å²) in [6.45, 7) is -0.378. The molecule has 1 unspecified atom stereocenters. The number of carbonyl (C=O) groups is 2. The lowest BCUT2D eigenvalue weighted by molar-refractivity contribution is -0.206. The van der Waals surface area contributed by atoms with Crippen LogP contribution in [0.25, 0.3) is 33.9 Å². The zero-order valence-electron chi connectivity index (χ0n) is 20.7. The van der Waals surface area contributed by atoms with E-state index < -0.39 is 24.2 Å². The van der Waals surface area contributed by atoms with Gasteiger partial charge < -0.3 is 15.0 Å². The molecule has 1 amide bonds. The van der Waals surface area contributed by atoms with E-state index in [0.717, 1.165) is 42.5 Å². The van der Waals surface area contributed by atoms with Crippen LogP contribution in [0, 0.1) is 0 Å². The molecule has 0 spiro atoms. The van der Waals surface area contributed by atoms with E-state index in [1.807, 2.05) is 30.3 Å². The maximum absolute atomic E-state index is 12.9. The first-order chi connectivity index (χ1) is 18.8. The lowest BCUT2D eigenvalue weighted by Gasteiger charge is -2.20. The average molecular weight is 539 g/mol. The largest absolute Gasteiger partial charge is 0.490 e. The van der Waals surface area contributed by atoms with Crippen LogP contribution in [0.4, 0.5) is 13.2 Å². The number of ether oxygens (including phenoxy) is 1. The molecule has 12 heteroatoms. The molecule has 1 aromatic carbocycles. The van der Waals surface area contributed by atoms with Crippen molar-refractivity contribution in [1.29, 1.82) is 0 Å². The normalized spacial score (nSPS) is 14.7. The van der Waals surface area contributed by atoms with E-state index in [-0.39, 0.29) is 12.6 Å². The third-order valence-electron chi connectivity index (χ3n) is 6.46. The summed E-state index contributed by atoms with van der Waals surface area (Å²) in [5.41, 5.74) is 3.75. The number of hydrogen-bond donors (Lipinski definition) is 2. The molecule has 0 aliphatic heterocycles. The van der Waals surface area contributed by atoms with Gasteiger partial charge >= 0.3 is 12.1 Å². The van der Waals surface area contributed by atoms with Crippen molar-refractivity contribution in [2.75, 3.05) is 0 Å². The number of esters is 1. The van der Waals surface area contributed by atoms with Crippen LogP contribution in [0.1, 0.15) is 25.7 Å². The fraction of sp³-hybridized carbons (Fsp3) is 0.296. The van der Waals surface area contributed by atoms with Crippen LogP contribution < -0.4 is 5.32 Å². The summed E-state index contributed by atoms with van der Waals surface area (Å²) in [4.78, 5) is 36.3. The summed E-state index contributed by atoms with van der Waals surface area (Å²) in [5.74, 6) is -2.64. The highest BCUT2D eigenvalue weighted by molar-refractivity contribution is 5.85. The van der Waals surface area contributed by atoms with Crippen LogP contribution in [0.3, 0.4) is 0 Å². The summed E-state index contributed by atoms with van der Waals surface area (Å²) < 4.78 is 44.5. The van der Waals surface area contributed by atoms with Crippen LogP contribution in [0.2, 0.25) is 0 Å². The van der Waals surface area contributed by atoms with Gasteiger partial charge in [-0.25, -0.2) is 9.78 Å². The van der Waals surface area contributed by atoms with Crippen molar-refractivity contribution in [3.8, 4) is 33.9 Å². The zero-order valence-corrected chi connectivity index (χ0v) is 20.7. The molecule has 2 N–H and O–H groups in total. The highest BCUT2D eigenvalue weighted by atomic mass is 19.4. The molecule has 0 bridgehead atoms. The number of halogens is 3. The molecule has 1 atom stereocenters. The molecule has 1 aliphatic rings. The summed E-state index contributed by atoms with van der Waals surface area (Å²) in [6, 6.07) is 13.1. The van der Waals surface area contributed by atoms with E-state index in [9.17, 15) is 22.8 Å². The molecule has 1 aliphatic carbocycles. The first-order valence-corrected chi connectivity index (χ1v) is 12.4. The van der Waals surface area contributed by atoms with Crippen molar-refractivity contribution in [1.82, 2.24) is 30.0 Å². The molecule has 3 heterocycles. The monoisotopic (exact) mass is 538 g/mol. The number of nitrogens with zero attached hydrogens (tertiary/aromatic N) is 4. The number of imidazole rings is 1. The minimum atomic E-state index is -5.22. The fourth-order valence-electron chi connectivity index (χ4n) is 4.47. The lowest BCUT2D eigenvalue weighted by Crippen LogP contribution is -2.45. The lowest BCUT2D eigenvalue weighted by atomic mass is 10.1. The standard InChI is InChI=1S/C27H25F3N6O3/c28-27(29,30)26(38)39-23(25(37)34-20-8-4-5-9-20)16-36-15-19(13-33-36)18-10-11-31-21(12-18)24-32-14-22(35-24)17-6-2-1-3-7-17/h1-3,6-7,10-15,20,23H,4-5,8-9,16H2,(H,32,35)(H,34,37). The van der Waals surface area contributed by atoms with E-state index in [1.54, 1.807) is 30.7 Å². The maximum Gasteiger partial charge on any atom is 0.490 e. The maximum atomic E-state index is 12.9. The number of pyridine rings is 1.